The molecule has 0 saturated heterocycles. The second-order valence-corrected chi connectivity index (χ2v) is 7.92. The first-order chi connectivity index (χ1) is 12.5. The van der Waals surface area contributed by atoms with Crippen LogP contribution < -0.4 is 4.72 Å². The average Bonchev–Trinajstić information content (AvgIpc) is 2.89. The number of hydrogen-bond acceptors (Lipinski definition) is 3. The largest absolute Gasteiger partial charge is 0.416 e. The fourth-order valence-electron chi connectivity index (χ4n) is 2.85. The topological polar surface area (TPSA) is 68.2 Å². The molecule has 0 aliphatic carbocycles. The van der Waals surface area contributed by atoms with Crippen LogP contribution in [0.3, 0.4) is 0 Å². The number of nitrogens with zero attached hydrogens (tertiary/aromatic N) is 1. The highest BCUT2D eigenvalue weighted by Crippen LogP contribution is 2.35. The van der Waals surface area contributed by atoms with Gasteiger partial charge in [-0.3, -0.25) is 4.79 Å². The van der Waals surface area contributed by atoms with E-state index in [1.807, 2.05) is 4.72 Å². The molecule has 0 radical (unpaired) electrons. The van der Waals surface area contributed by atoms with E-state index in [4.69, 9.17) is 0 Å². The quantitative estimate of drug-likeness (QED) is 0.736. The van der Waals surface area contributed by atoms with E-state index in [0.29, 0.717) is 22.0 Å². The van der Waals surface area contributed by atoms with Gasteiger partial charge in [0.25, 0.3) is 5.91 Å². The number of halogens is 3. The highest BCUT2D eigenvalue weighted by atomic mass is 32.2. The van der Waals surface area contributed by atoms with Crippen LogP contribution in [0.2, 0.25) is 0 Å². The number of carbonyl (C=O) groups is 1. The lowest BCUT2D eigenvalue weighted by atomic mass is 10.0. The van der Waals surface area contributed by atoms with Gasteiger partial charge >= 0.3 is 6.18 Å². The first-order valence-corrected chi connectivity index (χ1v) is 9.64. The van der Waals surface area contributed by atoms with Gasteiger partial charge in [-0.1, -0.05) is 18.2 Å². The molecule has 142 valence electrons. The molecule has 27 heavy (non-hydrogen) atoms. The Morgan fingerprint density at radius 2 is 1.81 bits per heavy atom. The number of carbonyl (C=O) groups excluding carboxylic acids is 1. The maximum Gasteiger partial charge on any atom is 0.416 e. The first-order valence-electron chi connectivity index (χ1n) is 7.74. The van der Waals surface area contributed by atoms with Crippen LogP contribution in [-0.4, -0.2) is 25.1 Å². The van der Waals surface area contributed by atoms with E-state index in [1.54, 1.807) is 29.9 Å². The van der Waals surface area contributed by atoms with Crippen molar-refractivity contribution in [3.63, 3.8) is 0 Å². The van der Waals surface area contributed by atoms with Gasteiger partial charge in [-0.05, 0) is 29.8 Å². The number of rotatable bonds is 3. The standard InChI is InChI=1S/C18H15F3N2O3S/c1-23-10-15(11-4-3-5-13(8-11)18(19,20)21)14-7-6-12(9-16(14)23)17(24)22-27(2,25)26/h3-10H,1-2H3,(H,22,24). The van der Waals surface area contributed by atoms with Crippen LogP contribution in [0.5, 0.6) is 0 Å². The molecule has 0 fully saturated rings. The van der Waals surface area contributed by atoms with Crippen molar-refractivity contribution in [3.8, 4) is 11.1 Å². The Morgan fingerprint density at radius 1 is 1.11 bits per heavy atom. The molecule has 1 aromatic heterocycles. The summed E-state index contributed by atoms with van der Waals surface area (Å²) in [7, 11) is -2.01. The molecule has 9 heteroatoms. The number of nitrogens with one attached hydrogen (secondary N) is 1. The molecule has 1 N–H and O–H groups in total. The van der Waals surface area contributed by atoms with Crippen LogP contribution in [0.15, 0.2) is 48.7 Å². The minimum Gasteiger partial charge on any atom is -0.350 e. The zero-order valence-electron chi connectivity index (χ0n) is 14.3. The molecule has 1 amide bonds. The molecular weight excluding hydrogens is 381 g/mol. The normalized spacial score (nSPS) is 12.3. The molecule has 0 atom stereocenters. The predicted molar refractivity (Wildman–Crippen MR) is 95.7 cm³/mol. The highest BCUT2D eigenvalue weighted by Gasteiger charge is 2.30. The van der Waals surface area contributed by atoms with Gasteiger partial charge in [-0.15, -0.1) is 0 Å². The molecule has 0 unspecified atom stereocenters. The predicted octanol–water partition coefficient (Wildman–Crippen LogP) is 3.55. The molecule has 3 rings (SSSR count). The summed E-state index contributed by atoms with van der Waals surface area (Å²) in [5.74, 6) is -0.777. The Labute approximate surface area is 153 Å². The third-order valence-electron chi connectivity index (χ3n) is 4.03. The Morgan fingerprint density at radius 3 is 2.44 bits per heavy atom. The smallest absolute Gasteiger partial charge is 0.350 e. The number of hydrogen-bond donors (Lipinski definition) is 1. The zero-order chi connectivity index (χ0) is 20.0. The van der Waals surface area contributed by atoms with Crippen LogP contribution in [-0.2, 0) is 23.2 Å². The molecule has 3 aromatic rings. The van der Waals surface area contributed by atoms with Crippen molar-refractivity contribution in [3.05, 3.63) is 59.8 Å². The van der Waals surface area contributed by atoms with Gasteiger partial charge < -0.3 is 4.57 Å². The van der Waals surface area contributed by atoms with Crippen molar-refractivity contribution in [1.82, 2.24) is 9.29 Å². The fraction of sp³-hybridized carbons (Fsp3) is 0.167. The Balaban J connectivity index is 2.09. The lowest BCUT2D eigenvalue weighted by Crippen LogP contribution is -2.29. The summed E-state index contributed by atoms with van der Waals surface area (Å²) in [6.45, 7) is 0. The van der Waals surface area contributed by atoms with Gasteiger partial charge in [0.1, 0.15) is 0 Å². The highest BCUT2D eigenvalue weighted by molar-refractivity contribution is 7.89. The molecule has 0 aliphatic heterocycles. The Bertz CT molecular complexity index is 1150. The number of benzene rings is 2. The van der Waals surface area contributed by atoms with Crippen LogP contribution in [0, 0.1) is 0 Å². The third-order valence-corrected chi connectivity index (χ3v) is 4.59. The number of aromatic nitrogens is 1. The lowest BCUT2D eigenvalue weighted by molar-refractivity contribution is -0.137. The van der Waals surface area contributed by atoms with Crippen LogP contribution in [0.1, 0.15) is 15.9 Å². The number of alkyl halides is 3. The van der Waals surface area contributed by atoms with E-state index in [0.717, 1.165) is 18.4 Å². The van der Waals surface area contributed by atoms with Crippen molar-refractivity contribution in [2.24, 2.45) is 7.05 Å². The van der Waals surface area contributed by atoms with E-state index in [2.05, 4.69) is 0 Å². The molecule has 2 aromatic carbocycles. The second-order valence-electron chi connectivity index (χ2n) is 6.17. The average molecular weight is 396 g/mol. The van der Waals surface area contributed by atoms with Gasteiger partial charge in [-0.25, -0.2) is 13.1 Å². The van der Waals surface area contributed by atoms with Crippen molar-refractivity contribution >= 4 is 26.8 Å². The SMILES string of the molecule is Cn1cc(-c2cccc(C(F)(F)F)c2)c2ccc(C(=O)NS(C)(=O)=O)cc21. The number of aryl methyl sites for hydroxylation is 1. The van der Waals surface area contributed by atoms with Gasteiger partial charge in [-0.2, -0.15) is 13.2 Å². The number of sulfonamides is 1. The van der Waals surface area contributed by atoms with E-state index in [1.165, 1.54) is 18.2 Å². The fourth-order valence-corrected chi connectivity index (χ4v) is 3.30. The number of fused-ring (bicyclic) bond motifs is 1. The Hall–Kier alpha value is -2.81. The molecule has 5 nitrogen and oxygen atoms in total. The van der Waals surface area contributed by atoms with E-state index < -0.39 is 27.7 Å². The van der Waals surface area contributed by atoms with Crippen LogP contribution >= 0.6 is 0 Å². The minimum atomic E-state index is -4.45. The number of amides is 1. The third kappa shape index (κ3) is 3.97. The molecule has 0 bridgehead atoms. The second kappa shape index (κ2) is 6.41. The summed E-state index contributed by atoms with van der Waals surface area (Å²) in [4.78, 5) is 12.0. The zero-order valence-corrected chi connectivity index (χ0v) is 15.1. The van der Waals surface area contributed by atoms with E-state index >= 15 is 0 Å². The van der Waals surface area contributed by atoms with Gasteiger partial charge in [0.05, 0.1) is 11.8 Å². The summed E-state index contributed by atoms with van der Waals surface area (Å²) in [5.41, 5.74) is 0.937. The van der Waals surface area contributed by atoms with E-state index in [9.17, 15) is 26.4 Å². The van der Waals surface area contributed by atoms with Crippen molar-refractivity contribution in [2.45, 2.75) is 6.18 Å². The van der Waals surface area contributed by atoms with Crippen molar-refractivity contribution in [1.29, 1.82) is 0 Å². The Kier molecular flexibility index (Phi) is 4.51. The first kappa shape index (κ1) is 19.0. The monoisotopic (exact) mass is 396 g/mol. The lowest BCUT2D eigenvalue weighted by Gasteiger charge is -2.08. The maximum absolute atomic E-state index is 13.0. The summed E-state index contributed by atoms with van der Waals surface area (Å²) in [6, 6.07) is 9.50. The summed E-state index contributed by atoms with van der Waals surface area (Å²) < 4.78 is 64.9. The summed E-state index contributed by atoms with van der Waals surface area (Å²) >= 11 is 0. The minimum absolute atomic E-state index is 0.129. The molecule has 0 spiro atoms. The maximum atomic E-state index is 13.0. The van der Waals surface area contributed by atoms with Crippen LogP contribution in [0.25, 0.3) is 22.0 Å². The van der Waals surface area contributed by atoms with E-state index in [-0.39, 0.29) is 5.56 Å². The van der Waals surface area contributed by atoms with Gasteiger partial charge in [0, 0.05) is 35.3 Å². The van der Waals surface area contributed by atoms with Crippen LogP contribution in [0.4, 0.5) is 13.2 Å². The van der Waals surface area contributed by atoms with Gasteiger partial charge in [0.2, 0.25) is 10.0 Å². The molecule has 0 aliphatic rings. The van der Waals surface area contributed by atoms with Gasteiger partial charge in [0.15, 0.2) is 0 Å². The summed E-state index contributed by atoms with van der Waals surface area (Å²) in [6.07, 6.45) is -1.91. The van der Waals surface area contributed by atoms with Crippen molar-refractivity contribution < 1.29 is 26.4 Å². The summed E-state index contributed by atoms with van der Waals surface area (Å²) in [5, 5.41) is 0.646. The molecular formula is C18H15F3N2O3S. The molecule has 1 heterocycles. The molecule has 0 saturated carbocycles. The van der Waals surface area contributed by atoms with Crippen molar-refractivity contribution in [2.75, 3.05) is 6.26 Å².